The zero-order chi connectivity index (χ0) is 31.2. The van der Waals surface area contributed by atoms with Crippen LogP contribution in [0.2, 0.25) is 0 Å². The van der Waals surface area contributed by atoms with Crippen molar-refractivity contribution in [2.45, 2.75) is 146 Å². The standard InChI is InChI=1S/C22H34.C10H12.C7H14.C2H6/c1-7-18(4)20(6)16-22(17(2)3)19(5)12-11-15-21-13-9-8-10-14-21;1-8(2)10-6-4-9(3)5-7-10;1-7-5-3-2-4-6-7;1-2/h7,13,16H,5,8-12,14-15H2,1-4,6H3;4-7H,1H2,2-3H3;7H,2-6H2,1H3;1-2H3/b18-7+,20-16+;;;. The third kappa shape index (κ3) is 17.9. The molecule has 0 nitrogen and oxygen atoms in total. The van der Waals surface area contributed by atoms with E-state index in [4.69, 9.17) is 0 Å². The van der Waals surface area contributed by atoms with Crippen LogP contribution in [-0.4, -0.2) is 0 Å². The molecule has 0 saturated heterocycles. The van der Waals surface area contributed by atoms with E-state index in [0.29, 0.717) is 0 Å². The summed E-state index contributed by atoms with van der Waals surface area (Å²) in [4.78, 5) is 0. The van der Waals surface area contributed by atoms with E-state index in [2.05, 4.69) is 104 Å². The zero-order valence-electron chi connectivity index (χ0n) is 29.0. The summed E-state index contributed by atoms with van der Waals surface area (Å²) in [6, 6.07) is 8.39. The van der Waals surface area contributed by atoms with E-state index in [0.717, 1.165) is 17.9 Å². The highest BCUT2D eigenvalue weighted by atomic mass is 14.1. The summed E-state index contributed by atoms with van der Waals surface area (Å²) >= 11 is 0. The molecular weight excluding hydrogens is 492 g/mol. The highest BCUT2D eigenvalue weighted by molar-refractivity contribution is 5.61. The van der Waals surface area contributed by atoms with Crippen molar-refractivity contribution >= 4 is 5.57 Å². The summed E-state index contributed by atoms with van der Waals surface area (Å²) in [5.41, 5.74) is 12.0. The van der Waals surface area contributed by atoms with Crippen molar-refractivity contribution in [2.24, 2.45) is 5.92 Å². The molecule has 1 saturated carbocycles. The van der Waals surface area contributed by atoms with Gasteiger partial charge in [0.25, 0.3) is 0 Å². The summed E-state index contributed by atoms with van der Waals surface area (Å²) in [5, 5.41) is 0. The van der Waals surface area contributed by atoms with Crippen LogP contribution in [0, 0.1) is 12.8 Å². The summed E-state index contributed by atoms with van der Waals surface area (Å²) in [7, 11) is 0. The second-order valence-corrected chi connectivity index (χ2v) is 12.2. The molecule has 0 aromatic heterocycles. The minimum absolute atomic E-state index is 1.04. The normalized spacial score (nSPS) is 15.5. The lowest BCUT2D eigenvalue weighted by Crippen LogP contribution is -1.99. The molecule has 1 aromatic carbocycles. The van der Waals surface area contributed by atoms with Crippen LogP contribution in [-0.2, 0) is 0 Å². The van der Waals surface area contributed by atoms with Crippen molar-refractivity contribution in [2.75, 3.05) is 0 Å². The molecule has 230 valence electrons. The topological polar surface area (TPSA) is 0 Å². The Hall–Kier alpha value is -2.34. The van der Waals surface area contributed by atoms with E-state index in [9.17, 15) is 0 Å². The van der Waals surface area contributed by atoms with Crippen molar-refractivity contribution in [3.63, 3.8) is 0 Å². The lowest BCUT2D eigenvalue weighted by molar-refractivity contribution is 0.385. The minimum Gasteiger partial charge on any atom is -0.0955 e. The molecule has 1 fully saturated rings. The second-order valence-electron chi connectivity index (χ2n) is 12.2. The van der Waals surface area contributed by atoms with Crippen molar-refractivity contribution in [3.05, 3.63) is 100 Å². The average Bonchev–Trinajstić information content (AvgIpc) is 2.98. The van der Waals surface area contributed by atoms with Gasteiger partial charge in [0.2, 0.25) is 0 Å². The van der Waals surface area contributed by atoms with Crippen LogP contribution in [0.15, 0.2) is 89.1 Å². The van der Waals surface area contributed by atoms with Crippen LogP contribution in [0.25, 0.3) is 5.57 Å². The van der Waals surface area contributed by atoms with Gasteiger partial charge in [-0.15, -0.1) is 0 Å². The molecule has 0 heterocycles. The Morgan fingerprint density at radius 1 is 0.854 bits per heavy atom. The highest BCUT2D eigenvalue weighted by Crippen LogP contribution is 2.27. The SMILES string of the molecule is C=C(C)c1ccc(C)cc1.C=C(CCCC1=CCCCC1)C(/C=C(C)/C(C)=C/C)=C(C)C.CC.CC1CCCCC1. The van der Waals surface area contributed by atoms with Crippen molar-refractivity contribution in [1.82, 2.24) is 0 Å². The molecule has 1 aromatic rings. The number of hydrogen-bond donors (Lipinski definition) is 0. The smallest absolute Gasteiger partial charge is 0.0233 e. The summed E-state index contributed by atoms with van der Waals surface area (Å²) in [5.74, 6) is 1.04. The lowest BCUT2D eigenvalue weighted by atomic mass is 9.91. The van der Waals surface area contributed by atoms with E-state index in [1.165, 1.54) is 110 Å². The molecule has 0 radical (unpaired) electrons. The summed E-state index contributed by atoms with van der Waals surface area (Å²) < 4.78 is 0. The van der Waals surface area contributed by atoms with Gasteiger partial charge in [-0.2, -0.15) is 0 Å². The Balaban J connectivity index is 0.000000685. The van der Waals surface area contributed by atoms with Gasteiger partial charge < -0.3 is 0 Å². The summed E-state index contributed by atoms with van der Waals surface area (Å²) in [6.07, 6.45) is 23.4. The van der Waals surface area contributed by atoms with E-state index >= 15 is 0 Å². The second kappa shape index (κ2) is 23.2. The molecule has 0 atom stereocenters. The average molecular weight is 559 g/mol. The van der Waals surface area contributed by atoms with Gasteiger partial charge in [0, 0.05) is 0 Å². The van der Waals surface area contributed by atoms with Crippen LogP contribution in [0.3, 0.4) is 0 Å². The van der Waals surface area contributed by atoms with Crippen LogP contribution in [0.1, 0.15) is 150 Å². The predicted octanol–water partition coefficient (Wildman–Crippen LogP) is 14.1. The van der Waals surface area contributed by atoms with Gasteiger partial charge in [-0.1, -0.05) is 136 Å². The van der Waals surface area contributed by atoms with Crippen LogP contribution >= 0.6 is 0 Å². The first-order valence-corrected chi connectivity index (χ1v) is 16.6. The van der Waals surface area contributed by atoms with Gasteiger partial charge >= 0.3 is 0 Å². The molecule has 2 aliphatic rings. The Kier molecular flexibility index (Phi) is 21.9. The number of hydrogen-bond acceptors (Lipinski definition) is 0. The van der Waals surface area contributed by atoms with E-state index in [1.807, 2.05) is 20.8 Å². The molecule has 0 amide bonds. The van der Waals surface area contributed by atoms with Gasteiger partial charge in [-0.25, -0.2) is 0 Å². The molecule has 0 heteroatoms. The van der Waals surface area contributed by atoms with Crippen LogP contribution in [0.5, 0.6) is 0 Å². The number of allylic oxidation sites excluding steroid dienone is 10. The number of rotatable bonds is 8. The molecule has 0 spiro atoms. The Bertz CT molecular complexity index is 993. The van der Waals surface area contributed by atoms with Crippen molar-refractivity contribution in [1.29, 1.82) is 0 Å². The first kappa shape index (κ1) is 38.7. The number of aryl methyl sites for hydroxylation is 1. The fraction of sp³-hybridized carbons (Fsp3) is 0.561. The first-order chi connectivity index (χ1) is 19.5. The Morgan fingerprint density at radius 2 is 1.46 bits per heavy atom. The predicted molar refractivity (Wildman–Crippen MR) is 191 cm³/mol. The molecule has 0 aliphatic heterocycles. The van der Waals surface area contributed by atoms with E-state index < -0.39 is 0 Å². The van der Waals surface area contributed by atoms with Gasteiger partial charge in [-0.05, 0) is 122 Å². The minimum atomic E-state index is 1.04. The molecule has 41 heavy (non-hydrogen) atoms. The largest absolute Gasteiger partial charge is 0.0955 e. The molecule has 0 unspecified atom stereocenters. The quantitative estimate of drug-likeness (QED) is 0.220. The van der Waals surface area contributed by atoms with Crippen LogP contribution in [0.4, 0.5) is 0 Å². The van der Waals surface area contributed by atoms with E-state index in [-0.39, 0.29) is 0 Å². The van der Waals surface area contributed by atoms with Crippen LogP contribution < -0.4 is 0 Å². The zero-order valence-corrected chi connectivity index (χ0v) is 29.0. The highest BCUT2D eigenvalue weighted by Gasteiger charge is 2.07. The molecule has 0 bridgehead atoms. The van der Waals surface area contributed by atoms with Crippen molar-refractivity contribution in [3.8, 4) is 0 Å². The van der Waals surface area contributed by atoms with Crippen molar-refractivity contribution < 1.29 is 0 Å². The molecule has 2 aliphatic carbocycles. The third-order valence-electron chi connectivity index (χ3n) is 8.14. The van der Waals surface area contributed by atoms with Gasteiger partial charge in [0.1, 0.15) is 0 Å². The maximum atomic E-state index is 4.36. The third-order valence-corrected chi connectivity index (χ3v) is 8.14. The maximum Gasteiger partial charge on any atom is -0.0233 e. The maximum absolute atomic E-state index is 4.36. The van der Waals surface area contributed by atoms with Gasteiger partial charge in [0.05, 0.1) is 0 Å². The first-order valence-electron chi connectivity index (χ1n) is 16.6. The van der Waals surface area contributed by atoms with Gasteiger partial charge in [-0.3, -0.25) is 0 Å². The Morgan fingerprint density at radius 3 is 1.90 bits per heavy atom. The Labute approximate surface area is 257 Å². The fourth-order valence-corrected chi connectivity index (χ4v) is 5.10. The lowest BCUT2D eigenvalue weighted by Gasteiger charge is -2.15. The van der Waals surface area contributed by atoms with E-state index in [1.54, 1.807) is 5.57 Å². The number of benzene rings is 1. The van der Waals surface area contributed by atoms with Gasteiger partial charge in [0.15, 0.2) is 0 Å². The summed E-state index contributed by atoms with van der Waals surface area (Å²) in [6.45, 7) is 29.5. The molecule has 0 N–H and O–H groups in total. The fourth-order valence-electron chi connectivity index (χ4n) is 5.10. The molecule has 3 rings (SSSR count). The molecular formula is C41H66. The monoisotopic (exact) mass is 559 g/mol.